The van der Waals surface area contributed by atoms with E-state index in [-0.39, 0.29) is 5.91 Å². The number of nitrogens with zero attached hydrogens (tertiary/aromatic N) is 1. The van der Waals surface area contributed by atoms with Crippen LogP contribution in [0.4, 0.5) is 0 Å². The van der Waals surface area contributed by atoms with Crippen LogP contribution in [0.25, 0.3) is 0 Å². The van der Waals surface area contributed by atoms with Crippen LogP contribution < -0.4 is 5.43 Å². The molecule has 0 aliphatic carbocycles. The molecule has 4 nitrogen and oxygen atoms in total. The molecule has 0 unspecified atom stereocenters. The van der Waals surface area contributed by atoms with Gasteiger partial charge in [0.1, 0.15) is 0 Å². The molecule has 0 aromatic rings. The first kappa shape index (κ1) is 8.62. The van der Waals surface area contributed by atoms with Crippen molar-refractivity contribution in [3.63, 3.8) is 0 Å². The van der Waals surface area contributed by atoms with Gasteiger partial charge in [-0.2, -0.15) is 0 Å². The van der Waals surface area contributed by atoms with Crippen LogP contribution in [-0.4, -0.2) is 28.2 Å². The Kier molecular flexibility index (Phi) is 2.57. The van der Waals surface area contributed by atoms with E-state index < -0.39 is 10.7 Å². The number of nitrogens with one attached hydrogen (secondary N) is 1. The fourth-order valence-corrected chi connectivity index (χ4v) is 0.994. The highest BCUT2D eigenvalue weighted by Crippen LogP contribution is 2.08. The topological polar surface area (TPSA) is 49.4 Å². The van der Waals surface area contributed by atoms with Crippen molar-refractivity contribution in [1.82, 2.24) is 10.4 Å². The summed E-state index contributed by atoms with van der Waals surface area (Å²) in [7, 11) is 0. The monoisotopic (exact) mass is 196 g/mol. The lowest BCUT2D eigenvalue weighted by atomic mass is 10.4. The smallest absolute Gasteiger partial charge is 0.273 e. The van der Waals surface area contributed by atoms with E-state index in [4.69, 9.17) is 23.2 Å². The van der Waals surface area contributed by atoms with E-state index in [9.17, 15) is 9.59 Å². The van der Waals surface area contributed by atoms with Crippen molar-refractivity contribution >= 4 is 35.0 Å². The van der Waals surface area contributed by atoms with Gasteiger partial charge < -0.3 is 0 Å². The molecule has 0 saturated carbocycles. The summed E-state index contributed by atoms with van der Waals surface area (Å²) < 4.78 is 0. The zero-order valence-electron chi connectivity index (χ0n) is 5.51. The van der Waals surface area contributed by atoms with Gasteiger partial charge in [-0.3, -0.25) is 20.0 Å². The van der Waals surface area contributed by atoms with Crippen LogP contribution in [0.5, 0.6) is 0 Å². The minimum absolute atomic E-state index is 0.188. The summed E-state index contributed by atoms with van der Waals surface area (Å²) in [6.45, 7) is 0.341. The third kappa shape index (κ3) is 1.97. The van der Waals surface area contributed by atoms with Crippen LogP contribution in [-0.2, 0) is 9.59 Å². The fourth-order valence-electron chi connectivity index (χ4n) is 0.759. The maximum Gasteiger partial charge on any atom is 0.274 e. The number of hydrogen-bond donors (Lipinski definition) is 1. The molecular weight excluding hydrogens is 191 g/mol. The average molecular weight is 197 g/mol. The second-order valence-electron chi connectivity index (χ2n) is 2.08. The summed E-state index contributed by atoms with van der Waals surface area (Å²) in [5, 5.41) is 1.12. The highest BCUT2D eigenvalue weighted by molar-refractivity contribution is 6.53. The lowest BCUT2D eigenvalue weighted by molar-refractivity contribution is -0.134. The Morgan fingerprint density at radius 3 is 2.64 bits per heavy atom. The maximum absolute atomic E-state index is 10.9. The Balaban J connectivity index is 2.50. The molecule has 6 heteroatoms. The average Bonchev–Trinajstić information content (AvgIpc) is 2.34. The highest BCUT2D eigenvalue weighted by Gasteiger charge is 2.26. The zero-order chi connectivity index (χ0) is 8.43. The van der Waals surface area contributed by atoms with Crippen molar-refractivity contribution in [1.29, 1.82) is 0 Å². The molecule has 1 aliphatic heterocycles. The number of amides is 2. The molecule has 1 N–H and O–H groups in total. The van der Waals surface area contributed by atoms with Gasteiger partial charge in [0.05, 0.1) is 6.54 Å². The number of carbonyl (C=O) groups is 2. The number of carbonyl (C=O) groups excluding carboxylic acids is 2. The third-order valence-corrected chi connectivity index (χ3v) is 1.65. The summed E-state index contributed by atoms with van der Waals surface area (Å²) in [6.07, 6.45) is 0.312. The molecule has 0 spiro atoms. The second-order valence-corrected chi connectivity index (χ2v) is 3.17. The van der Waals surface area contributed by atoms with Gasteiger partial charge in [0, 0.05) is 6.42 Å². The van der Waals surface area contributed by atoms with Gasteiger partial charge >= 0.3 is 0 Å². The predicted molar refractivity (Wildman–Crippen MR) is 40.0 cm³/mol. The van der Waals surface area contributed by atoms with Crippen LogP contribution >= 0.6 is 23.2 Å². The van der Waals surface area contributed by atoms with E-state index in [2.05, 4.69) is 5.43 Å². The van der Waals surface area contributed by atoms with Gasteiger partial charge in [-0.15, -0.1) is 0 Å². The van der Waals surface area contributed by atoms with Gasteiger partial charge in [0.2, 0.25) is 5.91 Å². The summed E-state index contributed by atoms with van der Waals surface area (Å²) in [5.74, 6) is -0.675. The molecule has 0 radical (unpaired) electrons. The van der Waals surface area contributed by atoms with Crippen molar-refractivity contribution in [2.24, 2.45) is 0 Å². The van der Waals surface area contributed by atoms with E-state index in [1.165, 1.54) is 0 Å². The Morgan fingerprint density at radius 2 is 2.27 bits per heavy atom. The quantitative estimate of drug-likeness (QED) is 0.604. The fraction of sp³-hybridized carbons (Fsp3) is 0.600. The van der Waals surface area contributed by atoms with Crippen molar-refractivity contribution in [2.45, 2.75) is 11.3 Å². The SMILES string of the molecule is O=C1CCN(C(=O)C(Cl)Cl)N1. The lowest BCUT2D eigenvalue weighted by Gasteiger charge is -2.14. The Labute approximate surface area is 73.4 Å². The minimum atomic E-state index is -1.10. The molecule has 0 bridgehead atoms. The highest BCUT2D eigenvalue weighted by atomic mass is 35.5. The summed E-state index contributed by atoms with van der Waals surface area (Å²) >= 11 is 10.6. The number of hydrogen-bond acceptors (Lipinski definition) is 2. The molecule has 1 aliphatic rings. The maximum atomic E-state index is 10.9. The van der Waals surface area contributed by atoms with E-state index in [1.54, 1.807) is 0 Å². The predicted octanol–water partition coefficient (Wildman–Crippen LogP) is 0.0536. The molecule has 62 valence electrons. The molecule has 11 heavy (non-hydrogen) atoms. The van der Waals surface area contributed by atoms with E-state index in [0.717, 1.165) is 5.01 Å². The van der Waals surface area contributed by atoms with Crippen LogP contribution in [0.3, 0.4) is 0 Å². The molecule has 1 fully saturated rings. The molecule has 1 heterocycles. The van der Waals surface area contributed by atoms with Gasteiger partial charge in [-0.1, -0.05) is 23.2 Å². The molecule has 1 rings (SSSR count). The van der Waals surface area contributed by atoms with Crippen LogP contribution in [0, 0.1) is 0 Å². The summed E-state index contributed by atoms with van der Waals surface area (Å²) in [5.41, 5.74) is 2.31. The van der Waals surface area contributed by atoms with Gasteiger partial charge in [0.25, 0.3) is 5.91 Å². The Bertz CT molecular complexity index is 195. The van der Waals surface area contributed by atoms with Crippen molar-refractivity contribution in [3.8, 4) is 0 Å². The number of halogens is 2. The van der Waals surface area contributed by atoms with Gasteiger partial charge in [0.15, 0.2) is 4.84 Å². The van der Waals surface area contributed by atoms with Crippen LogP contribution in [0.2, 0.25) is 0 Å². The van der Waals surface area contributed by atoms with Crippen molar-refractivity contribution < 1.29 is 9.59 Å². The zero-order valence-corrected chi connectivity index (χ0v) is 7.02. The summed E-state index contributed by atoms with van der Waals surface area (Å²) in [6, 6.07) is 0. The van der Waals surface area contributed by atoms with Crippen LogP contribution in [0.15, 0.2) is 0 Å². The first-order valence-electron chi connectivity index (χ1n) is 3.00. The molecule has 0 atom stereocenters. The number of hydrazine groups is 1. The first-order chi connectivity index (χ1) is 5.11. The first-order valence-corrected chi connectivity index (χ1v) is 3.87. The van der Waals surface area contributed by atoms with E-state index in [1.807, 2.05) is 0 Å². The molecule has 0 aromatic heterocycles. The van der Waals surface area contributed by atoms with Gasteiger partial charge in [-0.25, -0.2) is 0 Å². The van der Waals surface area contributed by atoms with Crippen molar-refractivity contribution in [3.05, 3.63) is 0 Å². The molecule has 1 saturated heterocycles. The summed E-state index contributed by atoms with van der Waals surface area (Å²) in [4.78, 5) is 20.4. The van der Waals surface area contributed by atoms with E-state index in [0.29, 0.717) is 13.0 Å². The van der Waals surface area contributed by atoms with Crippen molar-refractivity contribution in [2.75, 3.05) is 6.54 Å². The normalized spacial score (nSPS) is 17.4. The standard InChI is InChI=1S/C5H6Cl2N2O2/c6-4(7)5(11)9-2-1-3(10)8-9/h4H,1-2H2,(H,8,10). The number of alkyl halides is 2. The Hall–Kier alpha value is -0.480. The van der Waals surface area contributed by atoms with E-state index >= 15 is 0 Å². The van der Waals surface area contributed by atoms with Crippen LogP contribution in [0.1, 0.15) is 6.42 Å². The lowest BCUT2D eigenvalue weighted by Crippen LogP contribution is -2.41. The van der Waals surface area contributed by atoms with Gasteiger partial charge in [-0.05, 0) is 0 Å². The molecular formula is C5H6Cl2N2O2. The largest absolute Gasteiger partial charge is 0.274 e. The second kappa shape index (κ2) is 3.28. The minimum Gasteiger partial charge on any atom is -0.273 e. The Morgan fingerprint density at radius 1 is 1.64 bits per heavy atom. The molecule has 0 aromatic carbocycles. The molecule has 2 amide bonds. The third-order valence-electron chi connectivity index (χ3n) is 1.27. The number of rotatable bonds is 1.